The summed E-state index contributed by atoms with van der Waals surface area (Å²) in [6, 6.07) is 18.3. The van der Waals surface area contributed by atoms with E-state index in [9.17, 15) is 0 Å². The predicted octanol–water partition coefficient (Wildman–Crippen LogP) is 4.80. The first-order valence-electron chi connectivity index (χ1n) is 7.17. The molecule has 0 amide bonds. The number of nitrogens with zero attached hydrogens (tertiary/aromatic N) is 1. The lowest BCUT2D eigenvalue weighted by Crippen LogP contribution is -2.10. The zero-order chi connectivity index (χ0) is 15.4. The SMILES string of the molecule is C=CCN1C=C(c2ccccc2)S/C1=C\c1ccccc1N. The molecule has 0 aliphatic carbocycles. The third-order valence-corrected chi connectivity index (χ3v) is 4.55. The Morgan fingerprint density at radius 2 is 1.77 bits per heavy atom. The minimum absolute atomic E-state index is 0.780. The van der Waals surface area contributed by atoms with Crippen LogP contribution in [0.3, 0.4) is 0 Å². The van der Waals surface area contributed by atoms with Gasteiger partial charge in [0.2, 0.25) is 0 Å². The molecule has 0 unspecified atom stereocenters. The van der Waals surface area contributed by atoms with Crippen LogP contribution in [-0.2, 0) is 0 Å². The number of nitrogens with two attached hydrogens (primary N) is 1. The van der Waals surface area contributed by atoms with Crippen LogP contribution >= 0.6 is 11.8 Å². The van der Waals surface area contributed by atoms with Crippen molar-refractivity contribution in [2.45, 2.75) is 0 Å². The monoisotopic (exact) mass is 306 g/mol. The van der Waals surface area contributed by atoms with E-state index >= 15 is 0 Å². The van der Waals surface area contributed by atoms with Crippen LogP contribution in [0.25, 0.3) is 11.0 Å². The van der Waals surface area contributed by atoms with Crippen LogP contribution in [0.1, 0.15) is 11.1 Å². The van der Waals surface area contributed by atoms with Crippen molar-refractivity contribution in [1.29, 1.82) is 0 Å². The van der Waals surface area contributed by atoms with E-state index in [1.54, 1.807) is 11.8 Å². The van der Waals surface area contributed by atoms with Crippen LogP contribution in [0.5, 0.6) is 0 Å². The Bertz CT molecular complexity index is 732. The van der Waals surface area contributed by atoms with Crippen LogP contribution in [0.4, 0.5) is 5.69 Å². The first-order valence-corrected chi connectivity index (χ1v) is 7.98. The summed E-state index contributed by atoms with van der Waals surface area (Å²) in [5, 5.41) is 1.16. The van der Waals surface area contributed by atoms with Crippen molar-refractivity contribution in [1.82, 2.24) is 4.90 Å². The highest BCUT2D eigenvalue weighted by molar-refractivity contribution is 8.12. The molecular weight excluding hydrogens is 288 g/mol. The molecule has 1 aliphatic rings. The van der Waals surface area contributed by atoms with Crippen molar-refractivity contribution in [3.8, 4) is 0 Å². The molecule has 2 N–H and O–H groups in total. The highest BCUT2D eigenvalue weighted by Gasteiger charge is 2.19. The number of hydrogen-bond acceptors (Lipinski definition) is 3. The molecule has 2 aromatic rings. The summed E-state index contributed by atoms with van der Waals surface area (Å²) in [5.74, 6) is 0. The van der Waals surface area contributed by atoms with E-state index in [1.165, 1.54) is 10.5 Å². The highest BCUT2D eigenvalue weighted by atomic mass is 32.2. The molecule has 0 spiro atoms. The summed E-state index contributed by atoms with van der Waals surface area (Å²) >= 11 is 1.76. The molecule has 1 aliphatic heterocycles. The Labute approximate surface area is 135 Å². The molecule has 3 rings (SSSR count). The van der Waals surface area contributed by atoms with Gasteiger partial charge in [-0.05, 0) is 23.3 Å². The maximum atomic E-state index is 6.05. The number of anilines is 1. The molecule has 22 heavy (non-hydrogen) atoms. The lowest BCUT2D eigenvalue weighted by atomic mass is 10.2. The van der Waals surface area contributed by atoms with Crippen molar-refractivity contribution < 1.29 is 0 Å². The van der Waals surface area contributed by atoms with Crippen molar-refractivity contribution in [2.75, 3.05) is 12.3 Å². The van der Waals surface area contributed by atoms with Gasteiger partial charge in [-0.2, -0.15) is 0 Å². The molecule has 0 radical (unpaired) electrons. The third-order valence-electron chi connectivity index (χ3n) is 3.43. The molecule has 2 aromatic carbocycles. The second-order valence-corrected chi connectivity index (χ2v) is 6.08. The molecule has 0 saturated carbocycles. The van der Waals surface area contributed by atoms with Gasteiger partial charge in [0.05, 0.1) is 5.03 Å². The molecule has 0 atom stereocenters. The molecule has 0 saturated heterocycles. The molecule has 0 fully saturated rings. The van der Waals surface area contributed by atoms with Gasteiger partial charge in [0.25, 0.3) is 0 Å². The summed E-state index contributed by atoms with van der Waals surface area (Å²) in [6.07, 6.45) is 6.22. The third kappa shape index (κ3) is 3.10. The first kappa shape index (κ1) is 14.5. The van der Waals surface area contributed by atoms with Gasteiger partial charge in [-0.1, -0.05) is 66.4 Å². The van der Waals surface area contributed by atoms with E-state index < -0.39 is 0 Å². The molecule has 0 bridgehead atoms. The zero-order valence-corrected chi connectivity index (χ0v) is 13.1. The van der Waals surface area contributed by atoms with E-state index in [0.29, 0.717) is 0 Å². The summed E-state index contributed by atoms with van der Waals surface area (Å²) in [4.78, 5) is 3.44. The van der Waals surface area contributed by atoms with Gasteiger partial charge in [0, 0.05) is 23.3 Å². The minimum Gasteiger partial charge on any atom is -0.398 e. The molecule has 110 valence electrons. The maximum Gasteiger partial charge on any atom is 0.0806 e. The topological polar surface area (TPSA) is 29.3 Å². The van der Waals surface area contributed by atoms with Gasteiger partial charge in [-0.3, -0.25) is 0 Å². The highest BCUT2D eigenvalue weighted by Crippen LogP contribution is 2.43. The Kier molecular flexibility index (Phi) is 4.35. The van der Waals surface area contributed by atoms with E-state index in [0.717, 1.165) is 22.8 Å². The molecule has 1 heterocycles. The summed E-state index contributed by atoms with van der Waals surface area (Å²) in [5.41, 5.74) is 9.12. The fraction of sp³-hybridized carbons (Fsp3) is 0.0526. The number of thioether (sulfide) groups is 1. The number of nitrogen functional groups attached to an aromatic ring is 1. The van der Waals surface area contributed by atoms with Crippen LogP contribution in [0.2, 0.25) is 0 Å². The smallest absolute Gasteiger partial charge is 0.0806 e. The molecule has 2 nitrogen and oxygen atoms in total. The maximum absolute atomic E-state index is 6.05. The lowest BCUT2D eigenvalue weighted by Gasteiger charge is -2.15. The van der Waals surface area contributed by atoms with Crippen LogP contribution in [0, 0.1) is 0 Å². The number of rotatable bonds is 4. The van der Waals surface area contributed by atoms with Crippen molar-refractivity contribution in [2.24, 2.45) is 0 Å². The summed E-state index contributed by atoms with van der Waals surface area (Å²) in [6.45, 7) is 4.63. The Morgan fingerprint density at radius 1 is 1.05 bits per heavy atom. The fourth-order valence-electron chi connectivity index (χ4n) is 2.31. The van der Waals surface area contributed by atoms with Gasteiger partial charge < -0.3 is 10.6 Å². The van der Waals surface area contributed by atoms with E-state index in [4.69, 9.17) is 5.73 Å². The predicted molar refractivity (Wildman–Crippen MR) is 97.7 cm³/mol. The summed E-state index contributed by atoms with van der Waals surface area (Å²) in [7, 11) is 0. The number of para-hydroxylation sites is 1. The van der Waals surface area contributed by atoms with E-state index in [2.05, 4.69) is 48.0 Å². The summed E-state index contributed by atoms with van der Waals surface area (Å²) < 4.78 is 0. The molecular formula is C19H18N2S. The Balaban J connectivity index is 1.93. The van der Waals surface area contributed by atoms with Crippen LogP contribution < -0.4 is 5.73 Å². The van der Waals surface area contributed by atoms with Gasteiger partial charge in [-0.25, -0.2) is 0 Å². The second kappa shape index (κ2) is 6.58. The van der Waals surface area contributed by atoms with Gasteiger partial charge in [0.1, 0.15) is 0 Å². The largest absolute Gasteiger partial charge is 0.398 e. The Hall–Kier alpha value is -2.39. The molecule has 3 heteroatoms. The van der Waals surface area contributed by atoms with Crippen molar-refractivity contribution in [3.63, 3.8) is 0 Å². The standard InChI is InChI=1S/C19H18N2S/c1-2-12-21-14-18(15-8-4-3-5-9-15)22-19(21)13-16-10-6-7-11-17(16)20/h2-11,13-14H,1,12,20H2/b19-13-. The van der Waals surface area contributed by atoms with E-state index in [-0.39, 0.29) is 0 Å². The molecule has 0 aromatic heterocycles. The van der Waals surface area contributed by atoms with Gasteiger partial charge >= 0.3 is 0 Å². The van der Waals surface area contributed by atoms with Gasteiger partial charge in [0.15, 0.2) is 0 Å². The fourth-order valence-corrected chi connectivity index (χ4v) is 3.40. The van der Waals surface area contributed by atoms with Crippen LogP contribution in [-0.4, -0.2) is 11.4 Å². The average molecular weight is 306 g/mol. The van der Waals surface area contributed by atoms with E-state index in [1.807, 2.05) is 36.4 Å². The minimum atomic E-state index is 0.780. The average Bonchev–Trinajstić information content (AvgIpc) is 2.94. The zero-order valence-electron chi connectivity index (χ0n) is 12.3. The normalized spacial score (nSPS) is 15.9. The van der Waals surface area contributed by atoms with Crippen LogP contribution in [0.15, 0.2) is 78.5 Å². The lowest BCUT2D eigenvalue weighted by molar-refractivity contribution is 0.566. The quantitative estimate of drug-likeness (QED) is 0.650. The second-order valence-electron chi connectivity index (χ2n) is 5.01. The van der Waals surface area contributed by atoms with Crippen molar-refractivity contribution in [3.05, 3.63) is 89.6 Å². The first-order chi connectivity index (χ1) is 10.8. The van der Waals surface area contributed by atoms with Crippen molar-refractivity contribution >= 4 is 28.4 Å². The number of benzene rings is 2. The van der Waals surface area contributed by atoms with Gasteiger partial charge in [-0.15, -0.1) is 6.58 Å². The number of hydrogen-bond donors (Lipinski definition) is 1. The Morgan fingerprint density at radius 3 is 2.50 bits per heavy atom.